The van der Waals surface area contributed by atoms with E-state index < -0.39 is 0 Å². The van der Waals surface area contributed by atoms with Crippen LogP contribution in [-0.2, 0) is 6.54 Å². The average Bonchev–Trinajstić information content (AvgIpc) is 3.46. The molecule has 7 nitrogen and oxygen atoms in total. The molecule has 0 aliphatic heterocycles. The second kappa shape index (κ2) is 9.46. The Labute approximate surface area is 210 Å². The summed E-state index contributed by atoms with van der Waals surface area (Å²) in [5.74, 6) is 1.94. The van der Waals surface area contributed by atoms with E-state index in [0.29, 0.717) is 34.4 Å². The smallest absolute Gasteiger partial charge is 0.245 e. The van der Waals surface area contributed by atoms with Crippen LogP contribution in [0, 0.1) is 6.92 Å². The molecule has 1 aliphatic carbocycles. The van der Waals surface area contributed by atoms with Crippen molar-refractivity contribution in [2.45, 2.75) is 71.6 Å². The fourth-order valence-electron chi connectivity index (χ4n) is 4.10. The largest absolute Gasteiger partial charge is 0.490 e. The summed E-state index contributed by atoms with van der Waals surface area (Å²) in [6.07, 6.45) is 7.39. The van der Waals surface area contributed by atoms with E-state index in [1.54, 1.807) is 0 Å². The van der Waals surface area contributed by atoms with Gasteiger partial charge in [0.15, 0.2) is 11.2 Å². The van der Waals surface area contributed by atoms with Crippen molar-refractivity contribution < 1.29 is 9.47 Å². The Kier molecular flexibility index (Phi) is 6.36. The van der Waals surface area contributed by atoms with Gasteiger partial charge in [-0.25, -0.2) is 9.97 Å². The molecule has 1 aromatic carbocycles. The molecule has 0 N–H and O–H groups in total. The van der Waals surface area contributed by atoms with Crippen molar-refractivity contribution in [3.05, 3.63) is 59.1 Å². The highest BCUT2D eigenvalue weighted by Crippen LogP contribution is 2.41. The molecule has 4 aromatic rings. The second-order valence-corrected chi connectivity index (χ2v) is 9.85. The second-order valence-electron chi connectivity index (χ2n) is 9.45. The first kappa shape index (κ1) is 23.5. The van der Waals surface area contributed by atoms with Crippen LogP contribution in [0.2, 0.25) is 5.02 Å². The molecule has 1 aliphatic rings. The summed E-state index contributed by atoms with van der Waals surface area (Å²) in [5, 5.41) is 0.562. The van der Waals surface area contributed by atoms with Crippen LogP contribution in [-0.4, -0.2) is 36.2 Å². The molecule has 3 heterocycles. The molecule has 182 valence electrons. The number of ether oxygens (including phenoxy) is 2. The summed E-state index contributed by atoms with van der Waals surface area (Å²) in [4.78, 5) is 18.5. The Morgan fingerprint density at radius 2 is 1.89 bits per heavy atom. The summed E-state index contributed by atoms with van der Waals surface area (Å²) >= 11 is 6.80. The van der Waals surface area contributed by atoms with E-state index in [2.05, 4.69) is 48.7 Å². The van der Waals surface area contributed by atoms with Crippen LogP contribution in [0.15, 0.2) is 42.9 Å². The lowest BCUT2D eigenvalue weighted by molar-refractivity contribution is 0.193. The van der Waals surface area contributed by atoms with Crippen molar-refractivity contribution in [3.8, 4) is 23.0 Å². The van der Waals surface area contributed by atoms with Gasteiger partial charge >= 0.3 is 0 Å². The van der Waals surface area contributed by atoms with Crippen LogP contribution in [0.1, 0.15) is 57.7 Å². The molecule has 0 bridgehead atoms. The van der Waals surface area contributed by atoms with E-state index in [1.807, 2.05) is 35.0 Å². The molecule has 5 rings (SSSR count). The van der Waals surface area contributed by atoms with Gasteiger partial charge in [0, 0.05) is 11.8 Å². The Hall–Kier alpha value is -3.19. The highest BCUT2D eigenvalue weighted by molar-refractivity contribution is 6.33. The van der Waals surface area contributed by atoms with Gasteiger partial charge in [0.05, 0.1) is 23.4 Å². The van der Waals surface area contributed by atoms with Crippen molar-refractivity contribution in [2.75, 3.05) is 0 Å². The summed E-state index contributed by atoms with van der Waals surface area (Å²) < 4.78 is 14.4. The number of fused-ring (bicyclic) bond motifs is 1. The Balaban J connectivity index is 1.61. The number of pyridine rings is 1. The number of hydrogen-bond donors (Lipinski definition) is 0. The van der Waals surface area contributed by atoms with Crippen LogP contribution in [0.3, 0.4) is 0 Å². The third-order valence-corrected chi connectivity index (χ3v) is 6.80. The summed E-state index contributed by atoms with van der Waals surface area (Å²) in [5.41, 5.74) is 3.96. The third-order valence-electron chi connectivity index (χ3n) is 6.48. The number of imidazole rings is 1. The minimum atomic E-state index is -0.185. The molecular weight excluding hydrogens is 462 g/mol. The number of rotatable bonds is 9. The molecule has 1 saturated carbocycles. The van der Waals surface area contributed by atoms with Gasteiger partial charge in [0.25, 0.3) is 0 Å². The topological polar surface area (TPSA) is 75.0 Å². The SMILES string of the molecule is CCC(CC)Oc1ccc(-c2nc3c(OC4(C)CC4)ncnc3n2Cc2cc(C)ccn2)c(Cl)c1. The van der Waals surface area contributed by atoms with Crippen LogP contribution in [0.25, 0.3) is 22.6 Å². The molecular formula is C27H30ClN5O2. The van der Waals surface area contributed by atoms with Crippen LogP contribution in [0.5, 0.6) is 11.6 Å². The van der Waals surface area contributed by atoms with Gasteiger partial charge in [-0.2, -0.15) is 4.98 Å². The Morgan fingerprint density at radius 3 is 2.57 bits per heavy atom. The van der Waals surface area contributed by atoms with Crippen molar-refractivity contribution in [2.24, 2.45) is 0 Å². The molecule has 0 saturated heterocycles. The minimum absolute atomic E-state index is 0.160. The number of hydrogen-bond acceptors (Lipinski definition) is 6. The van der Waals surface area contributed by atoms with Crippen molar-refractivity contribution in [1.29, 1.82) is 0 Å². The predicted molar refractivity (Wildman–Crippen MR) is 137 cm³/mol. The number of nitrogens with zero attached hydrogens (tertiary/aromatic N) is 5. The van der Waals surface area contributed by atoms with E-state index in [0.717, 1.165) is 48.3 Å². The molecule has 3 aromatic heterocycles. The van der Waals surface area contributed by atoms with Crippen molar-refractivity contribution in [1.82, 2.24) is 24.5 Å². The first-order chi connectivity index (χ1) is 16.9. The minimum Gasteiger partial charge on any atom is -0.490 e. The molecule has 8 heteroatoms. The van der Waals surface area contributed by atoms with Gasteiger partial charge < -0.3 is 14.0 Å². The fraction of sp³-hybridized carbons (Fsp3) is 0.407. The molecule has 0 unspecified atom stereocenters. The number of benzene rings is 1. The Morgan fingerprint density at radius 1 is 1.09 bits per heavy atom. The maximum absolute atomic E-state index is 6.80. The standard InChI is InChI=1S/C27H30ClN5O2/c1-5-19(6-2)34-20-7-8-21(22(28)14-20)24-32-23-25(30-16-31-26(23)35-27(4)10-11-27)33(24)15-18-13-17(3)9-12-29-18/h7-9,12-14,16,19H,5-6,10-11,15H2,1-4H3. The van der Waals surface area contributed by atoms with Gasteiger partial charge in [-0.15, -0.1) is 0 Å². The maximum Gasteiger partial charge on any atom is 0.245 e. The highest BCUT2D eigenvalue weighted by Gasteiger charge is 2.41. The number of halogens is 1. The van der Waals surface area contributed by atoms with Crippen molar-refractivity contribution >= 4 is 22.8 Å². The van der Waals surface area contributed by atoms with Gasteiger partial charge in [-0.3, -0.25) is 4.98 Å². The van der Waals surface area contributed by atoms with E-state index >= 15 is 0 Å². The monoisotopic (exact) mass is 491 g/mol. The van der Waals surface area contributed by atoms with E-state index in [4.69, 9.17) is 26.1 Å². The van der Waals surface area contributed by atoms with Gasteiger partial charge in [0.1, 0.15) is 23.5 Å². The van der Waals surface area contributed by atoms with Gasteiger partial charge in [-0.1, -0.05) is 25.4 Å². The molecule has 1 fully saturated rings. The first-order valence-electron chi connectivity index (χ1n) is 12.2. The molecule has 0 amide bonds. The van der Waals surface area contributed by atoms with Gasteiger partial charge in [0.2, 0.25) is 5.88 Å². The first-order valence-corrected chi connectivity index (χ1v) is 12.5. The zero-order chi connectivity index (χ0) is 24.6. The average molecular weight is 492 g/mol. The van der Waals surface area contributed by atoms with Crippen LogP contribution < -0.4 is 9.47 Å². The maximum atomic E-state index is 6.80. The zero-order valence-corrected chi connectivity index (χ0v) is 21.3. The summed E-state index contributed by atoms with van der Waals surface area (Å²) in [6.45, 7) is 8.87. The molecule has 0 atom stereocenters. The lowest BCUT2D eigenvalue weighted by Gasteiger charge is -2.16. The third kappa shape index (κ3) is 4.96. The number of aromatic nitrogens is 5. The summed E-state index contributed by atoms with van der Waals surface area (Å²) in [7, 11) is 0. The van der Waals surface area contributed by atoms with E-state index in [-0.39, 0.29) is 11.7 Å². The fourth-order valence-corrected chi connectivity index (χ4v) is 4.36. The van der Waals surface area contributed by atoms with Crippen LogP contribution in [0.4, 0.5) is 0 Å². The van der Waals surface area contributed by atoms with Gasteiger partial charge in [-0.05, 0) is 75.4 Å². The molecule has 0 radical (unpaired) electrons. The predicted octanol–water partition coefficient (Wildman–Crippen LogP) is 6.40. The lowest BCUT2D eigenvalue weighted by Crippen LogP contribution is -2.13. The quantitative estimate of drug-likeness (QED) is 0.270. The van der Waals surface area contributed by atoms with E-state index in [1.165, 1.54) is 6.33 Å². The number of aryl methyl sites for hydroxylation is 1. The zero-order valence-electron chi connectivity index (χ0n) is 20.6. The van der Waals surface area contributed by atoms with E-state index in [9.17, 15) is 0 Å². The Bertz CT molecular complexity index is 1360. The molecule has 35 heavy (non-hydrogen) atoms. The highest BCUT2D eigenvalue weighted by atomic mass is 35.5. The van der Waals surface area contributed by atoms with Crippen LogP contribution >= 0.6 is 11.6 Å². The lowest BCUT2D eigenvalue weighted by atomic mass is 10.2. The molecule has 0 spiro atoms. The van der Waals surface area contributed by atoms with Crippen molar-refractivity contribution in [3.63, 3.8) is 0 Å². The normalized spacial score (nSPS) is 14.5. The summed E-state index contributed by atoms with van der Waals surface area (Å²) in [6, 6.07) is 9.81.